The number of aromatic nitrogens is 2. The van der Waals surface area contributed by atoms with Gasteiger partial charge in [-0.3, -0.25) is 5.10 Å². The van der Waals surface area contributed by atoms with Crippen molar-refractivity contribution in [1.29, 1.82) is 0 Å². The van der Waals surface area contributed by atoms with Crippen LogP contribution in [0.15, 0.2) is 36.5 Å². The lowest BCUT2D eigenvalue weighted by atomic mass is 10.1. The number of nitrogens with one attached hydrogen (secondary N) is 1. The fourth-order valence-electron chi connectivity index (χ4n) is 1.51. The minimum absolute atomic E-state index is 0.615. The molecule has 0 saturated heterocycles. The maximum Gasteiger partial charge on any atom is 0.127 e. The third-order valence-corrected chi connectivity index (χ3v) is 2.37. The van der Waals surface area contributed by atoms with Crippen LogP contribution in [-0.2, 0) is 0 Å². The zero-order valence-corrected chi connectivity index (χ0v) is 9.75. The van der Waals surface area contributed by atoms with Crippen molar-refractivity contribution in [1.82, 2.24) is 10.2 Å². The highest BCUT2D eigenvalue weighted by molar-refractivity contribution is 7.71. The molecular formula is C12H12N2OS. The first-order chi connectivity index (χ1) is 7.81. The fourth-order valence-corrected chi connectivity index (χ4v) is 1.69. The summed E-state index contributed by atoms with van der Waals surface area (Å²) in [7, 11) is 0. The molecule has 2 rings (SSSR count). The van der Waals surface area contributed by atoms with Crippen LogP contribution in [0.25, 0.3) is 11.1 Å². The normalized spacial score (nSPS) is 10.1. The summed E-state index contributed by atoms with van der Waals surface area (Å²) in [6.45, 7) is 2.61. The van der Waals surface area contributed by atoms with Gasteiger partial charge >= 0.3 is 0 Å². The van der Waals surface area contributed by atoms with E-state index in [1.165, 1.54) is 0 Å². The van der Waals surface area contributed by atoms with E-state index in [4.69, 9.17) is 17.0 Å². The summed E-state index contributed by atoms with van der Waals surface area (Å²) < 4.78 is 6.17. The van der Waals surface area contributed by atoms with Gasteiger partial charge in [0.05, 0.1) is 12.8 Å². The molecule has 0 radical (unpaired) electrons. The van der Waals surface area contributed by atoms with E-state index in [2.05, 4.69) is 10.2 Å². The maximum absolute atomic E-state index is 5.56. The van der Waals surface area contributed by atoms with Gasteiger partial charge in [0.25, 0.3) is 0 Å². The van der Waals surface area contributed by atoms with E-state index in [1.807, 2.05) is 37.3 Å². The van der Waals surface area contributed by atoms with Gasteiger partial charge in [0, 0.05) is 11.1 Å². The van der Waals surface area contributed by atoms with Crippen LogP contribution in [0.4, 0.5) is 0 Å². The number of para-hydroxylation sites is 1. The van der Waals surface area contributed by atoms with E-state index in [0.717, 1.165) is 16.9 Å². The highest BCUT2D eigenvalue weighted by atomic mass is 32.1. The van der Waals surface area contributed by atoms with Crippen molar-refractivity contribution in [2.75, 3.05) is 6.61 Å². The summed E-state index contributed by atoms with van der Waals surface area (Å²) in [5.41, 5.74) is 1.98. The third-order valence-electron chi connectivity index (χ3n) is 2.16. The van der Waals surface area contributed by atoms with Gasteiger partial charge < -0.3 is 4.74 Å². The van der Waals surface area contributed by atoms with Crippen molar-refractivity contribution in [2.45, 2.75) is 6.92 Å². The molecule has 0 unspecified atom stereocenters. The van der Waals surface area contributed by atoms with Crippen molar-refractivity contribution < 1.29 is 4.74 Å². The van der Waals surface area contributed by atoms with Gasteiger partial charge in [-0.15, -0.1) is 0 Å². The average Bonchev–Trinajstić information content (AvgIpc) is 2.30. The van der Waals surface area contributed by atoms with Gasteiger partial charge in [-0.05, 0) is 19.1 Å². The van der Waals surface area contributed by atoms with Gasteiger partial charge in [-0.1, -0.05) is 30.4 Å². The molecule has 1 aromatic carbocycles. The number of ether oxygens (including phenoxy) is 1. The van der Waals surface area contributed by atoms with Crippen molar-refractivity contribution >= 4 is 12.2 Å². The number of aromatic amines is 1. The van der Waals surface area contributed by atoms with Crippen molar-refractivity contribution in [3.8, 4) is 16.9 Å². The first kappa shape index (κ1) is 10.8. The highest BCUT2D eigenvalue weighted by Crippen LogP contribution is 2.28. The zero-order valence-electron chi connectivity index (χ0n) is 8.93. The van der Waals surface area contributed by atoms with Crippen LogP contribution < -0.4 is 4.74 Å². The molecule has 0 amide bonds. The van der Waals surface area contributed by atoms with Gasteiger partial charge in [-0.25, -0.2) is 0 Å². The summed E-state index contributed by atoms with van der Waals surface area (Å²) in [6, 6.07) is 9.73. The van der Waals surface area contributed by atoms with Crippen LogP contribution in [0.2, 0.25) is 0 Å². The Morgan fingerprint density at radius 3 is 2.94 bits per heavy atom. The summed E-state index contributed by atoms with van der Waals surface area (Å²) in [6.07, 6.45) is 1.74. The summed E-state index contributed by atoms with van der Waals surface area (Å²) in [5, 5.41) is 6.69. The average molecular weight is 232 g/mol. The van der Waals surface area contributed by atoms with E-state index in [9.17, 15) is 0 Å². The second-order valence-electron chi connectivity index (χ2n) is 3.26. The lowest BCUT2D eigenvalue weighted by Gasteiger charge is -2.09. The van der Waals surface area contributed by atoms with E-state index in [0.29, 0.717) is 11.2 Å². The lowest BCUT2D eigenvalue weighted by molar-refractivity contribution is 0.341. The van der Waals surface area contributed by atoms with Gasteiger partial charge in [0.15, 0.2) is 0 Å². The van der Waals surface area contributed by atoms with Gasteiger partial charge in [0.2, 0.25) is 0 Å². The Balaban J connectivity index is 2.51. The molecule has 0 atom stereocenters. The van der Waals surface area contributed by atoms with Crippen LogP contribution in [0.3, 0.4) is 0 Å². The number of nitrogens with zero attached hydrogens (tertiary/aromatic N) is 1. The molecule has 0 aliphatic rings. The van der Waals surface area contributed by atoms with E-state index < -0.39 is 0 Å². The van der Waals surface area contributed by atoms with Crippen LogP contribution in [0, 0.1) is 4.64 Å². The smallest absolute Gasteiger partial charge is 0.127 e. The van der Waals surface area contributed by atoms with Crippen LogP contribution >= 0.6 is 12.2 Å². The largest absolute Gasteiger partial charge is 0.493 e. The van der Waals surface area contributed by atoms with Crippen LogP contribution in [-0.4, -0.2) is 16.8 Å². The second kappa shape index (κ2) is 4.90. The van der Waals surface area contributed by atoms with Crippen LogP contribution in [0.1, 0.15) is 6.92 Å². The first-order valence-corrected chi connectivity index (χ1v) is 5.49. The number of H-pyrrole nitrogens is 1. The molecule has 1 aromatic heterocycles. The molecule has 0 saturated carbocycles. The van der Waals surface area contributed by atoms with E-state index >= 15 is 0 Å². The zero-order chi connectivity index (χ0) is 11.4. The quantitative estimate of drug-likeness (QED) is 0.826. The molecule has 0 aliphatic carbocycles. The Morgan fingerprint density at radius 1 is 1.38 bits per heavy atom. The molecule has 3 nitrogen and oxygen atoms in total. The highest BCUT2D eigenvalue weighted by Gasteiger charge is 2.04. The van der Waals surface area contributed by atoms with Crippen molar-refractivity contribution in [3.05, 3.63) is 41.2 Å². The molecule has 2 aromatic rings. The summed E-state index contributed by atoms with van der Waals surface area (Å²) >= 11 is 5.05. The molecule has 0 aliphatic heterocycles. The predicted molar refractivity (Wildman–Crippen MR) is 66.0 cm³/mol. The standard InChI is InChI=1S/C12H12N2OS/c1-2-15-11-6-4-3-5-10(11)9-7-12(16)14-13-8-9/h3-8H,2H2,1H3,(H,14,16). The number of rotatable bonds is 3. The Bertz CT molecular complexity index is 536. The third kappa shape index (κ3) is 2.28. The Hall–Kier alpha value is -1.68. The molecule has 1 heterocycles. The monoisotopic (exact) mass is 232 g/mol. The number of hydrogen-bond acceptors (Lipinski definition) is 3. The van der Waals surface area contributed by atoms with Crippen molar-refractivity contribution in [3.63, 3.8) is 0 Å². The Kier molecular flexibility index (Phi) is 3.31. The fraction of sp³-hybridized carbons (Fsp3) is 0.167. The minimum Gasteiger partial charge on any atom is -0.493 e. The molecule has 0 fully saturated rings. The Labute approximate surface area is 99.1 Å². The maximum atomic E-state index is 5.56. The predicted octanol–water partition coefficient (Wildman–Crippen LogP) is 3.20. The molecule has 4 heteroatoms. The van der Waals surface area contributed by atoms with Crippen LogP contribution in [0.5, 0.6) is 5.75 Å². The molecule has 0 bridgehead atoms. The SMILES string of the molecule is CCOc1ccccc1-c1cn[nH]c(=S)c1. The first-order valence-electron chi connectivity index (χ1n) is 5.08. The molecule has 82 valence electrons. The molecule has 1 N–H and O–H groups in total. The summed E-state index contributed by atoms with van der Waals surface area (Å²) in [4.78, 5) is 0. The molecule has 0 spiro atoms. The number of benzene rings is 1. The topological polar surface area (TPSA) is 37.9 Å². The lowest BCUT2D eigenvalue weighted by Crippen LogP contribution is -1.94. The summed E-state index contributed by atoms with van der Waals surface area (Å²) in [5.74, 6) is 0.854. The van der Waals surface area contributed by atoms with Crippen molar-refractivity contribution in [2.24, 2.45) is 0 Å². The Morgan fingerprint density at radius 2 is 2.19 bits per heavy atom. The number of hydrogen-bond donors (Lipinski definition) is 1. The van der Waals surface area contributed by atoms with E-state index in [-0.39, 0.29) is 0 Å². The van der Waals surface area contributed by atoms with Gasteiger partial charge in [-0.2, -0.15) is 5.10 Å². The molecular weight excluding hydrogens is 220 g/mol. The minimum atomic E-state index is 0.615. The molecule has 16 heavy (non-hydrogen) atoms. The van der Waals surface area contributed by atoms with E-state index in [1.54, 1.807) is 6.20 Å². The second-order valence-corrected chi connectivity index (χ2v) is 3.70. The van der Waals surface area contributed by atoms with Gasteiger partial charge in [0.1, 0.15) is 10.4 Å².